The van der Waals surface area contributed by atoms with E-state index in [0.717, 1.165) is 13.1 Å². The Labute approximate surface area is 155 Å². The predicted octanol–water partition coefficient (Wildman–Crippen LogP) is 3.07. The molecule has 2 aliphatic heterocycles. The standard InChI is InChI=1S/C19H22F3N3O2/c20-19(21,22)27-16-6-4-5-14(11-16)12-18(26)24-17-8-7-15(13-23-17)25-9-2-1-3-10-25/h4-8,11,13,15,17H,1-3,9-10,12H2,(H,24,26). The van der Waals surface area contributed by atoms with Crippen molar-refractivity contribution in [3.05, 3.63) is 42.0 Å². The number of benzene rings is 1. The van der Waals surface area contributed by atoms with Crippen LogP contribution >= 0.6 is 0 Å². The molecule has 1 saturated heterocycles. The molecule has 27 heavy (non-hydrogen) atoms. The Balaban J connectivity index is 1.50. The van der Waals surface area contributed by atoms with E-state index < -0.39 is 12.5 Å². The zero-order chi connectivity index (χ0) is 19.3. The first-order valence-electron chi connectivity index (χ1n) is 8.99. The fraction of sp³-hybridized carbons (Fsp3) is 0.474. The molecular weight excluding hydrogens is 359 g/mol. The number of ether oxygens (including phenoxy) is 1. The molecule has 0 aliphatic carbocycles. The van der Waals surface area contributed by atoms with Gasteiger partial charge in [-0.1, -0.05) is 24.6 Å². The Bertz CT molecular complexity index is 698. The maximum atomic E-state index is 12.3. The van der Waals surface area contributed by atoms with Crippen LogP contribution in [0, 0.1) is 0 Å². The van der Waals surface area contributed by atoms with Crippen molar-refractivity contribution in [1.82, 2.24) is 10.2 Å². The maximum Gasteiger partial charge on any atom is 0.573 e. The third-order valence-electron chi connectivity index (χ3n) is 4.51. The molecule has 1 N–H and O–H groups in total. The van der Waals surface area contributed by atoms with Crippen molar-refractivity contribution >= 4 is 12.1 Å². The summed E-state index contributed by atoms with van der Waals surface area (Å²) >= 11 is 0. The van der Waals surface area contributed by atoms with Gasteiger partial charge in [-0.2, -0.15) is 0 Å². The van der Waals surface area contributed by atoms with Gasteiger partial charge in [-0.25, -0.2) is 0 Å². The van der Waals surface area contributed by atoms with Crippen LogP contribution in [0.1, 0.15) is 24.8 Å². The van der Waals surface area contributed by atoms with E-state index in [1.165, 1.54) is 37.5 Å². The topological polar surface area (TPSA) is 53.9 Å². The number of carbonyl (C=O) groups is 1. The quantitative estimate of drug-likeness (QED) is 0.798. The smallest absolute Gasteiger partial charge is 0.406 e. The second-order valence-corrected chi connectivity index (χ2v) is 6.65. The molecule has 2 unspecified atom stereocenters. The number of carbonyl (C=O) groups excluding carboxylic acids is 1. The Hall–Kier alpha value is -2.35. The van der Waals surface area contributed by atoms with Crippen LogP contribution in [0.2, 0.25) is 0 Å². The normalized spacial score (nSPS) is 23.2. The second kappa shape index (κ2) is 8.56. The number of hydrogen-bond acceptors (Lipinski definition) is 4. The van der Waals surface area contributed by atoms with Gasteiger partial charge in [0, 0.05) is 6.21 Å². The average molecular weight is 381 g/mol. The van der Waals surface area contributed by atoms with Gasteiger partial charge in [0.25, 0.3) is 0 Å². The van der Waals surface area contributed by atoms with E-state index in [0.29, 0.717) is 5.56 Å². The van der Waals surface area contributed by atoms with E-state index in [2.05, 4.69) is 19.9 Å². The van der Waals surface area contributed by atoms with E-state index in [9.17, 15) is 18.0 Å². The summed E-state index contributed by atoms with van der Waals surface area (Å²) in [5.74, 6) is -0.657. The van der Waals surface area contributed by atoms with Crippen molar-refractivity contribution < 1.29 is 22.7 Å². The average Bonchev–Trinajstić information content (AvgIpc) is 2.62. The summed E-state index contributed by atoms with van der Waals surface area (Å²) in [4.78, 5) is 18.9. The zero-order valence-electron chi connectivity index (χ0n) is 14.8. The Kier molecular flexibility index (Phi) is 6.15. The number of amides is 1. The van der Waals surface area contributed by atoms with Gasteiger partial charge in [0.15, 0.2) is 0 Å². The monoisotopic (exact) mass is 381 g/mol. The molecule has 1 fully saturated rings. The molecule has 1 aromatic rings. The second-order valence-electron chi connectivity index (χ2n) is 6.65. The summed E-state index contributed by atoms with van der Waals surface area (Å²) in [6, 6.07) is 5.57. The molecule has 0 aromatic heterocycles. The lowest BCUT2D eigenvalue weighted by atomic mass is 10.1. The van der Waals surface area contributed by atoms with Gasteiger partial charge in [-0.05, 0) is 49.7 Å². The molecule has 2 aliphatic rings. The first kappa shape index (κ1) is 19.4. The van der Waals surface area contributed by atoms with Crippen LogP contribution in [0.5, 0.6) is 5.75 Å². The number of halogens is 3. The Morgan fingerprint density at radius 1 is 1.22 bits per heavy atom. The molecule has 2 atom stereocenters. The van der Waals surface area contributed by atoms with E-state index in [-0.39, 0.29) is 24.1 Å². The van der Waals surface area contributed by atoms with Gasteiger partial charge in [-0.3, -0.25) is 14.7 Å². The van der Waals surface area contributed by atoms with Gasteiger partial charge in [0.2, 0.25) is 5.91 Å². The lowest BCUT2D eigenvalue weighted by Gasteiger charge is -2.32. The first-order chi connectivity index (χ1) is 12.9. The van der Waals surface area contributed by atoms with E-state index >= 15 is 0 Å². The molecule has 0 radical (unpaired) electrons. The third-order valence-corrected chi connectivity index (χ3v) is 4.51. The fourth-order valence-corrected chi connectivity index (χ4v) is 3.27. The summed E-state index contributed by atoms with van der Waals surface area (Å²) in [6.45, 7) is 2.10. The van der Waals surface area contributed by atoms with Gasteiger partial charge in [0.05, 0.1) is 12.5 Å². The molecule has 0 saturated carbocycles. The van der Waals surface area contributed by atoms with Crippen LogP contribution in [0.25, 0.3) is 0 Å². The summed E-state index contributed by atoms with van der Waals surface area (Å²) in [5, 5.41) is 2.75. The highest BCUT2D eigenvalue weighted by Crippen LogP contribution is 2.23. The SMILES string of the molecule is O=C(Cc1cccc(OC(F)(F)F)c1)NC1C=CC(N2CCCCC2)C=N1. The summed E-state index contributed by atoms with van der Waals surface area (Å²) in [6.07, 6.45) is 4.10. The minimum Gasteiger partial charge on any atom is -0.406 e. The Morgan fingerprint density at radius 2 is 2.00 bits per heavy atom. The highest BCUT2D eigenvalue weighted by molar-refractivity contribution is 5.80. The van der Waals surface area contributed by atoms with Crippen LogP contribution in [-0.4, -0.2) is 48.7 Å². The minimum atomic E-state index is -4.76. The number of alkyl halides is 3. The number of hydrogen-bond donors (Lipinski definition) is 1. The molecule has 2 heterocycles. The molecule has 1 aromatic carbocycles. The van der Waals surface area contributed by atoms with Gasteiger partial charge < -0.3 is 10.1 Å². The highest BCUT2D eigenvalue weighted by Gasteiger charge is 2.31. The molecular formula is C19H22F3N3O2. The number of piperidine rings is 1. The first-order valence-corrected chi connectivity index (χ1v) is 8.99. The van der Waals surface area contributed by atoms with Crippen molar-refractivity contribution in [2.75, 3.05) is 13.1 Å². The largest absolute Gasteiger partial charge is 0.573 e. The lowest BCUT2D eigenvalue weighted by Crippen LogP contribution is -2.42. The molecule has 3 rings (SSSR count). The molecule has 5 nitrogen and oxygen atoms in total. The van der Waals surface area contributed by atoms with Gasteiger partial charge in [0.1, 0.15) is 11.9 Å². The van der Waals surface area contributed by atoms with Crippen LogP contribution < -0.4 is 10.1 Å². The fourth-order valence-electron chi connectivity index (χ4n) is 3.27. The summed E-state index contributed by atoms with van der Waals surface area (Å²) in [5.41, 5.74) is 0.434. The maximum absolute atomic E-state index is 12.3. The number of likely N-dealkylation sites (tertiary alicyclic amines) is 1. The van der Waals surface area contributed by atoms with Crippen molar-refractivity contribution in [2.24, 2.45) is 4.99 Å². The minimum absolute atomic E-state index is 0.0511. The number of rotatable bonds is 5. The van der Waals surface area contributed by atoms with Crippen LogP contribution in [0.4, 0.5) is 13.2 Å². The molecule has 0 bridgehead atoms. The summed E-state index contributed by atoms with van der Waals surface area (Å²) < 4.78 is 40.7. The van der Waals surface area contributed by atoms with E-state index in [4.69, 9.17) is 0 Å². The number of nitrogens with one attached hydrogen (secondary N) is 1. The van der Waals surface area contributed by atoms with Crippen molar-refractivity contribution in [2.45, 2.75) is 44.3 Å². The third kappa shape index (κ3) is 6.09. The lowest BCUT2D eigenvalue weighted by molar-refractivity contribution is -0.274. The van der Waals surface area contributed by atoms with Crippen LogP contribution in [0.3, 0.4) is 0 Å². The Morgan fingerprint density at radius 3 is 2.67 bits per heavy atom. The summed E-state index contributed by atoms with van der Waals surface area (Å²) in [7, 11) is 0. The number of aliphatic imine (C=N–C) groups is 1. The van der Waals surface area contributed by atoms with Crippen LogP contribution in [0.15, 0.2) is 41.4 Å². The molecule has 146 valence electrons. The van der Waals surface area contributed by atoms with Crippen molar-refractivity contribution in [1.29, 1.82) is 0 Å². The highest BCUT2D eigenvalue weighted by atomic mass is 19.4. The van der Waals surface area contributed by atoms with E-state index in [1.54, 1.807) is 6.07 Å². The van der Waals surface area contributed by atoms with Crippen molar-refractivity contribution in [3.63, 3.8) is 0 Å². The predicted molar refractivity (Wildman–Crippen MR) is 95.6 cm³/mol. The van der Waals surface area contributed by atoms with Crippen molar-refractivity contribution in [3.8, 4) is 5.75 Å². The number of nitrogens with zero attached hydrogens (tertiary/aromatic N) is 2. The van der Waals surface area contributed by atoms with Gasteiger partial charge in [-0.15, -0.1) is 13.2 Å². The molecule has 8 heteroatoms. The number of dihydropyridines is 1. The van der Waals surface area contributed by atoms with Crippen LogP contribution in [-0.2, 0) is 11.2 Å². The zero-order valence-corrected chi connectivity index (χ0v) is 14.8. The van der Waals surface area contributed by atoms with Gasteiger partial charge >= 0.3 is 6.36 Å². The van der Waals surface area contributed by atoms with E-state index in [1.807, 2.05) is 18.4 Å². The molecule has 1 amide bonds. The molecule has 0 spiro atoms.